The number of carbonyl (C=O) groups is 1. The summed E-state index contributed by atoms with van der Waals surface area (Å²) in [7, 11) is -4.77. The number of rotatable bonds is 5. The third-order valence-corrected chi connectivity index (χ3v) is 5.50. The summed E-state index contributed by atoms with van der Waals surface area (Å²) in [5.41, 5.74) is 0.962. The smallest absolute Gasteiger partial charge is 0.344 e. The van der Waals surface area contributed by atoms with E-state index in [0.717, 1.165) is 23.3 Å². The molecule has 3 aromatic rings. The van der Waals surface area contributed by atoms with E-state index < -0.39 is 21.0 Å². The number of carbonyl (C=O) groups excluding carboxylic acids is 1. The molecule has 140 valence electrons. The topological polar surface area (TPSA) is 83.5 Å². The highest BCUT2D eigenvalue weighted by molar-refractivity contribution is 7.85. The molecule has 0 aromatic heterocycles. The summed E-state index contributed by atoms with van der Waals surface area (Å²) in [5, 5.41) is 1.92. The normalized spacial score (nSPS) is 12.7. The zero-order valence-corrected chi connectivity index (χ0v) is 15.8. The Morgan fingerprint density at radius 3 is 2.41 bits per heavy atom. The van der Waals surface area contributed by atoms with Crippen molar-refractivity contribution in [2.75, 3.05) is 0 Å². The van der Waals surface area contributed by atoms with Crippen LogP contribution in [0.4, 0.5) is 0 Å². The highest BCUT2D eigenvalue weighted by Gasteiger charge is 2.17. The fraction of sp³-hybridized carbons (Fsp3) is 0.190. The summed E-state index contributed by atoms with van der Waals surface area (Å²) in [5.74, 6) is -0.153. The van der Waals surface area contributed by atoms with Gasteiger partial charge in [-0.3, -0.25) is 0 Å². The van der Waals surface area contributed by atoms with Gasteiger partial charge < -0.3 is 9.29 Å². The van der Waals surface area contributed by atoms with Gasteiger partial charge in [-0.25, -0.2) is 13.2 Å². The van der Waals surface area contributed by atoms with E-state index >= 15 is 0 Å². The molecule has 0 aliphatic heterocycles. The predicted octanol–water partition coefficient (Wildman–Crippen LogP) is 4.48. The van der Waals surface area contributed by atoms with Crippen molar-refractivity contribution in [1.29, 1.82) is 0 Å². The first-order valence-corrected chi connectivity index (χ1v) is 10.0. The molecule has 0 radical (unpaired) electrons. The first-order chi connectivity index (χ1) is 12.8. The SMILES string of the molecule is CCC(C)c1ccc2cc(OC(=O)c3ccccc3S(=O)(=O)[O-])ccc2c1. The molecular weight excluding hydrogens is 364 g/mol. The first kappa shape index (κ1) is 19.1. The van der Waals surface area contributed by atoms with E-state index in [9.17, 15) is 17.8 Å². The highest BCUT2D eigenvalue weighted by Crippen LogP contribution is 2.27. The minimum absolute atomic E-state index is 0.278. The second-order valence-electron chi connectivity index (χ2n) is 6.42. The Kier molecular flexibility index (Phi) is 5.30. The molecule has 0 fully saturated rings. The number of esters is 1. The van der Waals surface area contributed by atoms with Crippen LogP contribution < -0.4 is 4.74 Å². The zero-order chi connectivity index (χ0) is 19.6. The molecule has 6 heteroatoms. The van der Waals surface area contributed by atoms with Crippen LogP contribution in [0.3, 0.4) is 0 Å². The van der Waals surface area contributed by atoms with Gasteiger partial charge in [0.1, 0.15) is 15.9 Å². The Hall–Kier alpha value is -2.70. The molecule has 3 aromatic carbocycles. The molecule has 27 heavy (non-hydrogen) atoms. The minimum Gasteiger partial charge on any atom is -0.744 e. The number of ether oxygens (including phenoxy) is 1. The van der Waals surface area contributed by atoms with E-state index in [2.05, 4.69) is 19.9 Å². The van der Waals surface area contributed by atoms with Crippen molar-refractivity contribution in [2.24, 2.45) is 0 Å². The van der Waals surface area contributed by atoms with Crippen LogP contribution in [-0.2, 0) is 10.1 Å². The lowest BCUT2D eigenvalue weighted by atomic mass is 9.96. The summed E-state index contributed by atoms with van der Waals surface area (Å²) in [4.78, 5) is 11.8. The van der Waals surface area contributed by atoms with Crippen LogP contribution in [0.15, 0.2) is 65.6 Å². The van der Waals surface area contributed by atoms with E-state index in [0.29, 0.717) is 5.92 Å². The lowest BCUT2D eigenvalue weighted by Gasteiger charge is -2.13. The highest BCUT2D eigenvalue weighted by atomic mass is 32.2. The van der Waals surface area contributed by atoms with Crippen molar-refractivity contribution in [3.8, 4) is 5.75 Å². The average molecular weight is 383 g/mol. The van der Waals surface area contributed by atoms with Crippen molar-refractivity contribution in [2.45, 2.75) is 31.1 Å². The summed E-state index contributed by atoms with van der Waals surface area (Å²) in [6.07, 6.45) is 1.04. The van der Waals surface area contributed by atoms with Gasteiger partial charge in [0.25, 0.3) is 0 Å². The third-order valence-electron chi connectivity index (χ3n) is 4.60. The second-order valence-corrected chi connectivity index (χ2v) is 7.77. The van der Waals surface area contributed by atoms with Crippen LogP contribution >= 0.6 is 0 Å². The van der Waals surface area contributed by atoms with Gasteiger partial charge >= 0.3 is 5.97 Å². The first-order valence-electron chi connectivity index (χ1n) is 8.60. The molecule has 1 atom stereocenters. The van der Waals surface area contributed by atoms with Crippen molar-refractivity contribution in [1.82, 2.24) is 0 Å². The van der Waals surface area contributed by atoms with Crippen molar-refractivity contribution in [3.05, 3.63) is 71.8 Å². The summed E-state index contributed by atoms with van der Waals surface area (Å²) < 4.78 is 39.3. The van der Waals surface area contributed by atoms with Crippen molar-refractivity contribution >= 4 is 26.9 Å². The Bertz CT molecular complexity index is 1100. The largest absolute Gasteiger partial charge is 0.744 e. The quantitative estimate of drug-likeness (QED) is 0.369. The van der Waals surface area contributed by atoms with Crippen LogP contribution in [0.25, 0.3) is 10.8 Å². The third kappa shape index (κ3) is 4.18. The van der Waals surface area contributed by atoms with Crippen LogP contribution in [0.2, 0.25) is 0 Å². The van der Waals surface area contributed by atoms with E-state index in [1.54, 1.807) is 12.1 Å². The molecule has 5 nitrogen and oxygen atoms in total. The molecular formula is C21H19O5S-. The Morgan fingerprint density at radius 1 is 1.04 bits per heavy atom. The molecule has 0 saturated carbocycles. The van der Waals surface area contributed by atoms with Gasteiger partial charge in [-0.1, -0.05) is 50.2 Å². The number of hydrogen-bond acceptors (Lipinski definition) is 5. The lowest BCUT2D eigenvalue weighted by Crippen LogP contribution is -2.14. The molecule has 0 heterocycles. The number of hydrogen-bond donors (Lipinski definition) is 0. The van der Waals surface area contributed by atoms with E-state index in [1.165, 1.54) is 23.8 Å². The van der Waals surface area contributed by atoms with Gasteiger partial charge in [0.15, 0.2) is 0 Å². The summed E-state index contributed by atoms with van der Waals surface area (Å²) >= 11 is 0. The standard InChI is InChI=1S/C21H20O5S/c1-3-14(2)15-8-9-17-13-18(11-10-16(17)12-15)26-21(22)19-6-4-5-7-20(19)27(23,24)25/h4-14H,3H2,1-2H3,(H,23,24,25)/p-1. The van der Waals surface area contributed by atoms with Gasteiger partial charge in [-0.2, -0.15) is 0 Å². The monoisotopic (exact) mass is 383 g/mol. The van der Waals surface area contributed by atoms with Gasteiger partial charge in [-0.15, -0.1) is 0 Å². The van der Waals surface area contributed by atoms with Gasteiger partial charge in [0, 0.05) is 0 Å². The molecule has 0 aliphatic rings. The molecule has 0 spiro atoms. The van der Waals surface area contributed by atoms with Crippen LogP contribution in [0, 0.1) is 0 Å². The Morgan fingerprint density at radius 2 is 1.70 bits per heavy atom. The maximum atomic E-state index is 12.4. The molecule has 0 N–H and O–H groups in total. The molecule has 0 bridgehead atoms. The van der Waals surface area contributed by atoms with Gasteiger partial charge in [0.2, 0.25) is 0 Å². The minimum atomic E-state index is -4.77. The fourth-order valence-corrected chi connectivity index (χ4v) is 3.53. The summed E-state index contributed by atoms with van der Waals surface area (Å²) in [6, 6.07) is 16.5. The van der Waals surface area contributed by atoms with Crippen molar-refractivity contribution < 1.29 is 22.5 Å². The maximum Gasteiger partial charge on any atom is 0.344 e. The molecule has 3 rings (SSSR count). The number of fused-ring (bicyclic) bond motifs is 1. The maximum absolute atomic E-state index is 12.4. The van der Waals surface area contributed by atoms with E-state index in [1.807, 2.05) is 18.2 Å². The molecule has 0 aliphatic carbocycles. The predicted molar refractivity (Wildman–Crippen MR) is 102 cm³/mol. The van der Waals surface area contributed by atoms with Gasteiger partial charge in [0.05, 0.1) is 10.5 Å². The van der Waals surface area contributed by atoms with E-state index in [-0.39, 0.29) is 11.3 Å². The molecule has 0 amide bonds. The molecule has 0 saturated heterocycles. The van der Waals surface area contributed by atoms with E-state index in [4.69, 9.17) is 4.74 Å². The number of benzene rings is 3. The lowest BCUT2D eigenvalue weighted by molar-refractivity contribution is 0.0730. The van der Waals surface area contributed by atoms with Crippen LogP contribution in [0.1, 0.15) is 42.1 Å². The Balaban J connectivity index is 1.90. The average Bonchev–Trinajstić information content (AvgIpc) is 2.66. The zero-order valence-electron chi connectivity index (χ0n) is 15.0. The fourth-order valence-electron chi connectivity index (χ4n) is 2.86. The van der Waals surface area contributed by atoms with Gasteiger partial charge in [-0.05, 0) is 52.9 Å². The molecule has 1 unspecified atom stereocenters. The summed E-state index contributed by atoms with van der Waals surface area (Å²) in [6.45, 7) is 4.30. The van der Waals surface area contributed by atoms with Crippen LogP contribution in [-0.4, -0.2) is 18.9 Å². The Labute approximate surface area is 158 Å². The van der Waals surface area contributed by atoms with Crippen LogP contribution in [0.5, 0.6) is 5.75 Å². The second kappa shape index (κ2) is 7.50. The van der Waals surface area contributed by atoms with Crippen molar-refractivity contribution in [3.63, 3.8) is 0 Å².